The van der Waals surface area contributed by atoms with Crippen LogP contribution in [-0.2, 0) is 6.54 Å². The van der Waals surface area contributed by atoms with Crippen LogP contribution in [0, 0.1) is 0 Å². The molecular weight excluding hydrogens is 240 g/mol. The van der Waals surface area contributed by atoms with E-state index in [0.29, 0.717) is 12.3 Å². The molecule has 2 N–H and O–H groups in total. The molecule has 4 nitrogen and oxygen atoms in total. The number of phenols is 1. The van der Waals surface area contributed by atoms with Crippen LogP contribution in [0.1, 0.15) is 24.2 Å². The summed E-state index contributed by atoms with van der Waals surface area (Å²) in [6.45, 7) is 2.62. The fourth-order valence-electron chi connectivity index (χ4n) is 1.82. The molecule has 100 valence electrons. The zero-order valence-corrected chi connectivity index (χ0v) is 11.1. The lowest BCUT2D eigenvalue weighted by atomic mass is 10.1. The van der Waals surface area contributed by atoms with Crippen LogP contribution >= 0.6 is 0 Å². The monoisotopic (exact) mass is 258 g/mol. The number of nitrogens with one attached hydrogen (secondary N) is 1. The SMILES string of the molecule is COc1ccc(CN[C@H](C)c2ccccn2)c(O)c1. The van der Waals surface area contributed by atoms with Gasteiger partial charge in [0, 0.05) is 30.4 Å². The molecule has 0 spiro atoms. The molecule has 0 aliphatic rings. The average molecular weight is 258 g/mol. The molecule has 0 aliphatic heterocycles. The fourth-order valence-corrected chi connectivity index (χ4v) is 1.82. The second kappa shape index (κ2) is 6.20. The third-order valence-corrected chi connectivity index (χ3v) is 3.02. The van der Waals surface area contributed by atoms with Gasteiger partial charge in [0.25, 0.3) is 0 Å². The molecule has 0 saturated carbocycles. The van der Waals surface area contributed by atoms with E-state index < -0.39 is 0 Å². The molecule has 2 aromatic rings. The van der Waals surface area contributed by atoms with Gasteiger partial charge in [0.15, 0.2) is 0 Å². The number of methoxy groups -OCH3 is 1. The summed E-state index contributed by atoms with van der Waals surface area (Å²) in [5, 5.41) is 13.2. The van der Waals surface area contributed by atoms with Crippen molar-refractivity contribution in [2.45, 2.75) is 19.5 Å². The number of benzene rings is 1. The number of phenolic OH excluding ortho intramolecular Hbond substituents is 1. The Morgan fingerprint density at radius 2 is 2.16 bits per heavy atom. The van der Waals surface area contributed by atoms with Crippen molar-refractivity contribution in [3.05, 3.63) is 53.9 Å². The topological polar surface area (TPSA) is 54.4 Å². The molecule has 0 saturated heterocycles. The van der Waals surface area contributed by atoms with Crippen LogP contribution in [0.2, 0.25) is 0 Å². The molecule has 0 radical (unpaired) electrons. The normalized spacial score (nSPS) is 12.1. The second-order valence-corrected chi connectivity index (χ2v) is 4.35. The highest BCUT2D eigenvalue weighted by atomic mass is 16.5. The molecular formula is C15H18N2O2. The highest BCUT2D eigenvalue weighted by molar-refractivity contribution is 5.39. The molecule has 0 bridgehead atoms. The molecule has 2 rings (SSSR count). The molecule has 1 heterocycles. The van der Waals surface area contributed by atoms with Crippen LogP contribution in [0.5, 0.6) is 11.5 Å². The van der Waals surface area contributed by atoms with Crippen molar-refractivity contribution in [3.8, 4) is 11.5 Å². The van der Waals surface area contributed by atoms with Gasteiger partial charge in [-0.3, -0.25) is 4.98 Å². The van der Waals surface area contributed by atoms with E-state index in [1.807, 2.05) is 37.3 Å². The molecule has 0 unspecified atom stereocenters. The van der Waals surface area contributed by atoms with Crippen molar-refractivity contribution >= 4 is 0 Å². The van der Waals surface area contributed by atoms with Gasteiger partial charge in [-0.05, 0) is 25.1 Å². The summed E-state index contributed by atoms with van der Waals surface area (Å²) >= 11 is 0. The van der Waals surface area contributed by atoms with Crippen molar-refractivity contribution < 1.29 is 9.84 Å². The van der Waals surface area contributed by atoms with E-state index in [9.17, 15) is 5.11 Å². The van der Waals surface area contributed by atoms with Gasteiger partial charge in [-0.1, -0.05) is 12.1 Å². The lowest BCUT2D eigenvalue weighted by Gasteiger charge is -2.14. The Kier molecular flexibility index (Phi) is 4.36. The smallest absolute Gasteiger partial charge is 0.123 e. The predicted octanol–water partition coefficient (Wildman–Crippen LogP) is 2.65. The maximum atomic E-state index is 9.87. The van der Waals surface area contributed by atoms with Gasteiger partial charge in [0.1, 0.15) is 11.5 Å². The maximum absolute atomic E-state index is 9.87. The summed E-state index contributed by atoms with van der Waals surface area (Å²) in [5.74, 6) is 0.888. The van der Waals surface area contributed by atoms with Crippen LogP contribution in [0.3, 0.4) is 0 Å². The number of ether oxygens (including phenoxy) is 1. The molecule has 0 amide bonds. The van der Waals surface area contributed by atoms with Crippen molar-refractivity contribution in [1.29, 1.82) is 0 Å². The van der Waals surface area contributed by atoms with Crippen LogP contribution in [0.25, 0.3) is 0 Å². The summed E-state index contributed by atoms with van der Waals surface area (Å²) in [5.41, 5.74) is 1.82. The summed E-state index contributed by atoms with van der Waals surface area (Å²) < 4.78 is 5.05. The van der Waals surface area contributed by atoms with E-state index in [0.717, 1.165) is 11.3 Å². The minimum atomic E-state index is 0.128. The van der Waals surface area contributed by atoms with Crippen molar-refractivity contribution in [1.82, 2.24) is 10.3 Å². The zero-order valence-electron chi connectivity index (χ0n) is 11.1. The number of pyridine rings is 1. The summed E-state index contributed by atoms with van der Waals surface area (Å²) in [4.78, 5) is 4.30. The first-order valence-electron chi connectivity index (χ1n) is 6.21. The van der Waals surface area contributed by atoms with E-state index in [4.69, 9.17) is 4.74 Å². The Morgan fingerprint density at radius 1 is 1.32 bits per heavy atom. The highest BCUT2D eigenvalue weighted by Gasteiger charge is 2.08. The number of nitrogens with zero attached hydrogens (tertiary/aromatic N) is 1. The highest BCUT2D eigenvalue weighted by Crippen LogP contribution is 2.23. The van der Waals surface area contributed by atoms with Gasteiger partial charge in [-0.25, -0.2) is 0 Å². The Morgan fingerprint density at radius 3 is 2.79 bits per heavy atom. The molecule has 4 heteroatoms. The van der Waals surface area contributed by atoms with Gasteiger partial charge in [0.2, 0.25) is 0 Å². The number of aromatic nitrogens is 1. The third kappa shape index (κ3) is 3.45. The Hall–Kier alpha value is -2.07. The standard InChI is InChI=1S/C15H18N2O2/c1-11(14-5-3-4-8-16-14)17-10-12-6-7-13(19-2)9-15(12)18/h3-9,11,17-18H,10H2,1-2H3/t11-/m1/s1. The number of hydrogen-bond donors (Lipinski definition) is 2. The van der Waals surface area contributed by atoms with E-state index in [2.05, 4.69) is 10.3 Å². The lowest BCUT2D eigenvalue weighted by molar-refractivity contribution is 0.405. The maximum Gasteiger partial charge on any atom is 0.123 e. The van der Waals surface area contributed by atoms with Crippen LogP contribution in [-0.4, -0.2) is 17.2 Å². The molecule has 0 fully saturated rings. The Labute approximate surface area is 113 Å². The van der Waals surface area contributed by atoms with Gasteiger partial charge < -0.3 is 15.2 Å². The second-order valence-electron chi connectivity index (χ2n) is 4.35. The van der Waals surface area contributed by atoms with Gasteiger partial charge >= 0.3 is 0 Å². The van der Waals surface area contributed by atoms with Gasteiger partial charge in [0.05, 0.1) is 12.8 Å². The Balaban J connectivity index is 1.99. The summed E-state index contributed by atoms with van der Waals surface area (Å²) in [6.07, 6.45) is 1.78. The number of rotatable bonds is 5. The molecule has 1 atom stereocenters. The quantitative estimate of drug-likeness (QED) is 0.865. The van der Waals surface area contributed by atoms with Crippen LogP contribution in [0.4, 0.5) is 0 Å². The van der Waals surface area contributed by atoms with Gasteiger partial charge in [-0.15, -0.1) is 0 Å². The number of hydrogen-bond acceptors (Lipinski definition) is 4. The van der Waals surface area contributed by atoms with Gasteiger partial charge in [-0.2, -0.15) is 0 Å². The molecule has 1 aromatic carbocycles. The summed E-state index contributed by atoms with van der Waals surface area (Å²) in [6, 6.07) is 11.3. The van der Waals surface area contributed by atoms with E-state index in [1.165, 1.54) is 0 Å². The largest absolute Gasteiger partial charge is 0.507 e. The van der Waals surface area contributed by atoms with Crippen LogP contribution in [0.15, 0.2) is 42.6 Å². The predicted molar refractivity (Wildman–Crippen MR) is 74.2 cm³/mol. The third-order valence-electron chi connectivity index (χ3n) is 3.02. The molecule has 1 aromatic heterocycles. The van der Waals surface area contributed by atoms with Crippen molar-refractivity contribution in [2.75, 3.05) is 7.11 Å². The zero-order chi connectivity index (χ0) is 13.7. The number of aromatic hydroxyl groups is 1. The summed E-state index contributed by atoms with van der Waals surface area (Å²) in [7, 11) is 1.58. The van der Waals surface area contributed by atoms with Crippen molar-refractivity contribution in [2.24, 2.45) is 0 Å². The van der Waals surface area contributed by atoms with Crippen LogP contribution < -0.4 is 10.1 Å². The first kappa shape index (κ1) is 13.4. The molecule has 0 aliphatic carbocycles. The lowest BCUT2D eigenvalue weighted by Crippen LogP contribution is -2.19. The Bertz CT molecular complexity index is 529. The van der Waals surface area contributed by atoms with Crippen molar-refractivity contribution in [3.63, 3.8) is 0 Å². The minimum Gasteiger partial charge on any atom is -0.507 e. The van der Waals surface area contributed by atoms with E-state index in [1.54, 1.807) is 19.4 Å². The average Bonchev–Trinajstić information content (AvgIpc) is 2.46. The first-order chi connectivity index (χ1) is 9.20. The van der Waals surface area contributed by atoms with E-state index >= 15 is 0 Å². The fraction of sp³-hybridized carbons (Fsp3) is 0.267. The first-order valence-corrected chi connectivity index (χ1v) is 6.21. The minimum absolute atomic E-state index is 0.128. The van der Waals surface area contributed by atoms with E-state index in [-0.39, 0.29) is 11.8 Å². The molecule has 19 heavy (non-hydrogen) atoms.